The number of carbonyl (C=O) groups is 1. The lowest BCUT2D eigenvalue weighted by Crippen LogP contribution is -2.26. The largest absolute Gasteiger partial charge is 0.416 e. The third kappa shape index (κ3) is 6.46. The predicted molar refractivity (Wildman–Crippen MR) is 129 cm³/mol. The summed E-state index contributed by atoms with van der Waals surface area (Å²) in [6.45, 7) is 2.24. The van der Waals surface area contributed by atoms with E-state index in [9.17, 15) is 18.0 Å². The van der Waals surface area contributed by atoms with Crippen LogP contribution in [-0.4, -0.2) is 36.5 Å². The standard InChI is InChI=1S/C25H28F3N5O/c1-4-17(13-14-29-20-12-8-11-19(15-20)25(26,27)28)23(34)32-24-30-16-21(22(31-24)33(2)3)18-9-6-5-7-10-18/h5-12,15-17,29H,4,13-14H2,1-3H3,(H,30,31,32,34). The Balaban J connectivity index is 1.64. The first-order valence-electron chi connectivity index (χ1n) is 11.0. The Kier molecular flexibility index (Phi) is 8.09. The Morgan fingerprint density at radius 3 is 2.47 bits per heavy atom. The molecule has 0 aliphatic carbocycles. The fourth-order valence-corrected chi connectivity index (χ4v) is 3.52. The van der Waals surface area contributed by atoms with Crippen LogP contribution < -0.4 is 15.5 Å². The van der Waals surface area contributed by atoms with Gasteiger partial charge in [-0.3, -0.25) is 10.1 Å². The highest BCUT2D eigenvalue weighted by Crippen LogP contribution is 2.31. The number of anilines is 3. The van der Waals surface area contributed by atoms with Crippen LogP contribution in [0, 0.1) is 5.92 Å². The molecule has 0 aliphatic heterocycles. The highest BCUT2D eigenvalue weighted by atomic mass is 19.4. The van der Waals surface area contributed by atoms with Crippen molar-refractivity contribution in [1.29, 1.82) is 0 Å². The highest BCUT2D eigenvalue weighted by molar-refractivity contribution is 5.91. The predicted octanol–water partition coefficient (Wildman–Crippen LogP) is 5.70. The third-order valence-corrected chi connectivity index (χ3v) is 5.39. The summed E-state index contributed by atoms with van der Waals surface area (Å²) >= 11 is 0. The van der Waals surface area contributed by atoms with Crippen LogP contribution in [0.4, 0.5) is 30.6 Å². The minimum atomic E-state index is -4.40. The van der Waals surface area contributed by atoms with Gasteiger partial charge in [0.15, 0.2) is 0 Å². The highest BCUT2D eigenvalue weighted by Gasteiger charge is 2.30. The van der Waals surface area contributed by atoms with E-state index < -0.39 is 11.7 Å². The first-order chi connectivity index (χ1) is 16.2. The molecule has 3 aromatic rings. The molecule has 2 N–H and O–H groups in total. The van der Waals surface area contributed by atoms with Crippen molar-refractivity contribution < 1.29 is 18.0 Å². The van der Waals surface area contributed by atoms with Gasteiger partial charge in [-0.05, 0) is 36.6 Å². The molecule has 1 atom stereocenters. The molecular formula is C25H28F3N5O. The van der Waals surface area contributed by atoms with E-state index in [1.165, 1.54) is 6.07 Å². The number of amides is 1. The molecule has 180 valence electrons. The molecule has 0 fully saturated rings. The van der Waals surface area contributed by atoms with Crippen molar-refractivity contribution in [3.05, 3.63) is 66.4 Å². The van der Waals surface area contributed by atoms with Crippen molar-refractivity contribution >= 4 is 23.4 Å². The molecule has 6 nitrogen and oxygen atoms in total. The molecule has 1 heterocycles. The van der Waals surface area contributed by atoms with Gasteiger partial charge in [0.05, 0.1) is 5.56 Å². The van der Waals surface area contributed by atoms with Crippen LogP contribution in [0.1, 0.15) is 25.3 Å². The van der Waals surface area contributed by atoms with E-state index in [1.54, 1.807) is 12.3 Å². The zero-order chi connectivity index (χ0) is 24.7. The van der Waals surface area contributed by atoms with Gasteiger partial charge in [-0.15, -0.1) is 0 Å². The number of carbonyl (C=O) groups excluding carboxylic acids is 1. The summed E-state index contributed by atoms with van der Waals surface area (Å²) in [5.41, 5.74) is 1.47. The summed E-state index contributed by atoms with van der Waals surface area (Å²) in [6, 6.07) is 14.7. The van der Waals surface area contributed by atoms with Gasteiger partial charge in [-0.2, -0.15) is 18.2 Å². The second kappa shape index (κ2) is 11.0. The molecule has 0 saturated heterocycles. The number of benzene rings is 2. The average molecular weight is 472 g/mol. The summed E-state index contributed by atoms with van der Waals surface area (Å²) in [6.07, 6.45) is -1.70. The monoisotopic (exact) mass is 471 g/mol. The fraction of sp³-hybridized carbons (Fsp3) is 0.320. The molecule has 0 spiro atoms. The van der Waals surface area contributed by atoms with Gasteiger partial charge in [0.1, 0.15) is 5.82 Å². The molecule has 0 saturated carbocycles. The summed E-state index contributed by atoms with van der Waals surface area (Å²) in [5.74, 6) is 0.303. The molecule has 1 aromatic heterocycles. The second-order valence-electron chi connectivity index (χ2n) is 8.08. The summed E-state index contributed by atoms with van der Waals surface area (Å²) in [5, 5.41) is 5.75. The summed E-state index contributed by atoms with van der Waals surface area (Å²) < 4.78 is 38.7. The first-order valence-corrected chi connectivity index (χ1v) is 11.0. The van der Waals surface area contributed by atoms with E-state index >= 15 is 0 Å². The first kappa shape index (κ1) is 25.0. The Labute approximate surface area is 197 Å². The van der Waals surface area contributed by atoms with Crippen LogP contribution >= 0.6 is 0 Å². The molecule has 9 heteroatoms. The fourth-order valence-electron chi connectivity index (χ4n) is 3.52. The van der Waals surface area contributed by atoms with Gasteiger partial charge in [-0.25, -0.2) is 4.98 Å². The van der Waals surface area contributed by atoms with E-state index in [4.69, 9.17) is 0 Å². The lowest BCUT2D eigenvalue weighted by Gasteiger charge is -2.19. The van der Waals surface area contributed by atoms with Gasteiger partial charge >= 0.3 is 6.18 Å². The number of nitrogens with zero attached hydrogens (tertiary/aromatic N) is 3. The zero-order valence-electron chi connectivity index (χ0n) is 19.4. The Bertz CT molecular complexity index is 1100. The number of halogens is 3. The van der Waals surface area contributed by atoms with E-state index in [0.29, 0.717) is 30.9 Å². The van der Waals surface area contributed by atoms with Crippen LogP contribution in [0.25, 0.3) is 11.1 Å². The molecular weight excluding hydrogens is 443 g/mol. The minimum absolute atomic E-state index is 0.206. The summed E-state index contributed by atoms with van der Waals surface area (Å²) in [4.78, 5) is 23.5. The molecule has 1 amide bonds. The van der Waals surface area contributed by atoms with Crippen LogP contribution in [0.15, 0.2) is 60.8 Å². The number of hydrogen-bond acceptors (Lipinski definition) is 5. The van der Waals surface area contributed by atoms with Crippen molar-refractivity contribution in [1.82, 2.24) is 9.97 Å². The van der Waals surface area contributed by atoms with Gasteiger partial charge < -0.3 is 10.2 Å². The molecule has 3 rings (SSSR count). The smallest absolute Gasteiger partial charge is 0.385 e. The molecule has 0 bridgehead atoms. The number of hydrogen-bond donors (Lipinski definition) is 2. The van der Waals surface area contributed by atoms with Crippen molar-refractivity contribution in [2.24, 2.45) is 5.92 Å². The van der Waals surface area contributed by atoms with Crippen molar-refractivity contribution in [3.63, 3.8) is 0 Å². The Morgan fingerprint density at radius 1 is 1.09 bits per heavy atom. The lowest BCUT2D eigenvalue weighted by molar-refractivity contribution is -0.137. The Morgan fingerprint density at radius 2 is 1.82 bits per heavy atom. The average Bonchev–Trinajstić information content (AvgIpc) is 2.82. The van der Waals surface area contributed by atoms with Gasteiger partial charge in [0, 0.05) is 44.0 Å². The maximum absolute atomic E-state index is 12.9. The third-order valence-electron chi connectivity index (χ3n) is 5.39. The van der Waals surface area contributed by atoms with Gasteiger partial charge in [-0.1, -0.05) is 43.3 Å². The number of aromatic nitrogens is 2. The van der Waals surface area contributed by atoms with Crippen LogP contribution in [0.3, 0.4) is 0 Å². The molecule has 1 unspecified atom stereocenters. The minimum Gasteiger partial charge on any atom is -0.385 e. The number of alkyl halides is 3. The van der Waals surface area contributed by atoms with Crippen LogP contribution in [0.5, 0.6) is 0 Å². The normalized spacial score (nSPS) is 12.2. The molecule has 0 aliphatic rings. The summed E-state index contributed by atoms with van der Waals surface area (Å²) in [7, 11) is 3.74. The van der Waals surface area contributed by atoms with Crippen molar-refractivity contribution in [2.45, 2.75) is 25.9 Å². The number of rotatable bonds is 9. The quantitative estimate of drug-likeness (QED) is 0.419. The van der Waals surface area contributed by atoms with Gasteiger partial charge in [0.25, 0.3) is 0 Å². The van der Waals surface area contributed by atoms with Crippen LogP contribution in [-0.2, 0) is 11.0 Å². The van der Waals surface area contributed by atoms with Crippen molar-refractivity contribution in [2.75, 3.05) is 36.2 Å². The van der Waals surface area contributed by atoms with E-state index in [-0.39, 0.29) is 17.8 Å². The Hall–Kier alpha value is -3.62. The van der Waals surface area contributed by atoms with Crippen LogP contribution in [0.2, 0.25) is 0 Å². The van der Waals surface area contributed by atoms with Gasteiger partial charge in [0.2, 0.25) is 11.9 Å². The van der Waals surface area contributed by atoms with Crippen molar-refractivity contribution in [3.8, 4) is 11.1 Å². The maximum Gasteiger partial charge on any atom is 0.416 e. The molecule has 34 heavy (non-hydrogen) atoms. The lowest BCUT2D eigenvalue weighted by atomic mass is 10.0. The van der Waals surface area contributed by atoms with E-state index in [0.717, 1.165) is 23.3 Å². The SMILES string of the molecule is CCC(CCNc1cccc(C(F)(F)F)c1)C(=O)Nc1ncc(-c2ccccc2)c(N(C)C)n1. The van der Waals surface area contributed by atoms with E-state index in [1.807, 2.05) is 56.3 Å². The molecule has 0 radical (unpaired) electrons. The second-order valence-corrected chi connectivity index (χ2v) is 8.08. The number of nitrogens with one attached hydrogen (secondary N) is 2. The molecule has 2 aromatic carbocycles. The maximum atomic E-state index is 12.9. The zero-order valence-corrected chi connectivity index (χ0v) is 19.4. The topological polar surface area (TPSA) is 70.2 Å². The van der Waals surface area contributed by atoms with E-state index in [2.05, 4.69) is 20.6 Å².